The second-order valence-electron chi connectivity index (χ2n) is 5.59. The molecule has 0 aromatic carbocycles. The lowest BCUT2D eigenvalue weighted by Gasteiger charge is -2.31. The molecule has 3 rings (SSSR count). The number of rotatable bonds is 6. The minimum atomic E-state index is -3.37. The number of piperidine rings is 1. The molecule has 126 valence electrons. The summed E-state index contributed by atoms with van der Waals surface area (Å²) in [5.74, 6) is 0.673. The fraction of sp³-hybridized carbons (Fsp3) is 0.467. The maximum atomic E-state index is 12.2. The lowest BCUT2D eigenvalue weighted by atomic mass is 9.95. The van der Waals surface area contributed by atoms with Crippen LogP contribution in [0.15, 0.2) is 37.6 Å². The van der Waals surface area contributed by atoms with Crippen LogP contribution in [0.3, 0.4) is 0 Å². The SMILES string of the molecule is O=S(=O)(NCCN1CCC(c2cccs2)CC1)c1ccc(Br)s1. The Bertz CT molecular complexity index is 720. The van der Waals surface area contributed by atoms with E-state index in [2.05, 4.69) is 43.1 Å². The highest BCUT2D eigenvalue weighted by Gasteiger charge is 2.22. The quantitative estimate of drug-likeness (QED) is 0.753. The number of hydrogen-bond donors (Lipinski definition) is 1. The van der Waals surface area contributed by atoms with Gasteiger partial charge in [-0.15, -0.1) is 22.7 Å². The smallest absolute Gasteiger partial charge is 0.250 e. The highest BCUT2D eigenvalue weighted by atomic mass is 79.9. The molecule has 0 saturated carbocycles. The van der Waals surface area contributed by atoms with E-state index in [9.17, 15) is 8.42 Å². The zero-order chi connectivity index (χ0) is 16.3. The molecule has 1 fully saturated rings. The lowest BCUT2D eigenvalue weighted by molar-refractivity contribution is 0.217. The van der Waals surface area contributed by atoms with Gasteiger partial charge in [0.25, 0.3) is 0 Å². The van der Waals surface area contributed by atoms with E-state index >= 15 is 0 Å². The van der Waals surface area contributed by atoms with E-state index in [-0.39, 0.29) is 0 Å². The zero-order valence-electron chi connectivity index (χ0n) is 12.6. The number of nitrogens with one attached hydrogen (secondary N) is 1. The Morgan fingerprint density at radius 2 is 2.04 bits per heavy atom. The fourth-order valence-electron chi connectivity index (χ4n) is 2.82. The van der Waals surface area contributed by atoms with Crippen LogP contribution in [0, 0.1) is 0 Å². The molecule has 0 atom stereocenters. The number of likely N-dealkylation sites (tertiary alicyclic amines) is 1. The largest absolute Gasteiger partial charge is 0.302 e. The van der Waals surface area contributed by atoms with E-state index in [0.29, 0.717) is 16.7 Å². The van der Waals surface area contributed by atoms with Crippen LogP contribution in [0.25, 0.3) is 0 Å². The van der Waals surface area contributed by atoms with E-state index in [1.807, 2.05) is 11.3 Å². The Morgan fingerprint density at radius 1 is 1.26 bits per heavy atom. The van der Waals surface area contributed by atoms with Crippen LogP contribution in [-0.2, 0) is 10.0 Å². The average Bonchev–Trinajstić information content (AvgIpc) is 3.19. The van der Waals surface area contributed by atoms with E-state index in [1.54, 1.807) is 12.1 Å². The van der Waals surface area contributed by atoms with Crippen molar-refractivity contribution in [3.05, 3.63) is 38.3 Å². The van der Waals surface area contributed by atoms with Crippen LogP contribution in [0.5, 0.6) is 0 Å². The lowest BCUT2D eigenvalue weighted by Crippen LogP contribution is -2.39. The van der Waals surface area contributed by atoms with Gasteiger partial charge in [-0.2, -0.15) is 0 Å². The highest BCUT2D eigenvalue weighted by molar-refractivity contribution is 9.11. The first kappa shape index (κ1) is 17.6. The molecule has 0 radical (unpaired) electrons. The summed E-state index contributed by atoms with van der Waals surface area (Å²) in [6.45, 7) is 3.30. The second kappa shape index (κ2) is 7.76. The van der Waals surface area contributed by atoms with Crippen molar-refractivity contribution in [1.82, 2.24) is 9.62 Å². The summed E-state index contributed by atoms with van der Waals surface area (Å²) in [5, 5.41) is 2.14. The number of thiophene rings is 2. The van der Waals surface area contributed by atoms with Crippen molar-refractivity contribution < 1.29 is 8.42 Å². The first-order valence-corrected chi connectivity index (χ1v) is 11.5. The molecule has 2 aromatic heterocycles. The second-order valence-corrected chi connectivity index (χ2v) is 11.0. The van der Waals surface area contributed by atoms with Crippen molar-refractivity contribution in [3.8, 4) is 0 Å². The van der Waals surface area contributed by atoms with Crippen molar-refractivity contribution in [2.75, 3.05) is 26.2 Å². The van der Waals surface area contributed by atoms with Gasteiger partial charge in [0.2, 0.25) is 10.0 Å². The van der Waals surface area contributed by atoms with Gasteiger partial charge in [-0.1, -0.05) is 6.07 Å². The monoisotopic (exact) mass is 434 g/mol. The van der Waals surface area contributed by atoms with E-state index in [4.69, 9.17) is 0 Å². The molecule has 0 bridgehead atoms. The van der Waals surface area contributed by atoms with E-state index in [0.717, 1.165) is 36.3 Å². The van der Waals surface area contributed by atoms with Gasteiger partial charge in [-0.05, 0) is 71.4 Å². The molecule has 0 unspecified atom stereocenters. The van der Waals surface area contributed by atoms with E-state index < -0.39 is 10.0 Å². The van der Waals surface area contributed by atoms with Gasteiger partial charge in [0.1, 0.15) is 4.21 Å². The minimum Gasteiger partial charge on any atom is -0.302 e. The predicted molar refractivity (Wildman–Crippen MR) is 99.9 cm³/mol. The minimum absolute atomic E-state index is 0.362. The van der Waals surface area contributed by atoms with Gasteiger partial charge in [-0.25, -0.2) is 13.1 Å². The van der Waals surface area contributed by atoms with E-state index in [1.165, 1.54) is 16.2 Å². The molecular weight excluding hydrogens is 416 g/mol. The maximum Gasteiger partial charge on any atom is 0.250 e. The summed E-state index contributed by atoms with van der Waals surface area (Å²) in [5.41, 5.74) is 0. The predicted octanol–water partition coefficient (Wildman–Crippen LogP) is 3.73. The molecule has 3 heterocycles. The number of halogens is 1. The number of nitrogens with zero attached hydrogens (tertiary/aromatic N) is 1. The van der Waals surface area contributed by atoms with Gasteiger partial charge in [-0.3, -0.25) is 0 Å². The molecule has 0 amide bonds. The van der Waals surface area contributed by atoms with Crippen LogP contribution in [-0.4, -0.2) is 39.5 Å². The average molecular weight is 435 g/mol. The summed E-state index contributed by atoms with van der Waals surface area (Å²) < 4.78 is 28.2. The summed E-state index contributed by atoms with van der Waals surface area (Å²) in [7, 11) is -3.37. The molecule has 2 aromatic rings. The van der Waals surface area contributed by atoms with Crippen LogP contribution in [0.1, 0.15) is 23.6 Å². The topological polar surface area (TPSA) is 49.4 Å². The first-order chi connectivity index (χ1) is 11.0. The molecule has 8 heteroatoms. The Kier molecular flexibility index (Phi) is 5.92. The maximum absolute atomic E-state index is 12.2. The molecule has 0 spiro atoms. The van der Waals surface area contributed by atoms with Crippen LogP contribution >= 0.6 is 38.6 Å². The van der Waals surface area contributed by atoms with Gasteiger partial charge in [0.15, 0.2) is 0 Å². The molecule has 1 aliphatic rings. The van der Waals surface area contributed by atoms with Crippen LogP contribution < -0.4 is 4.72 Å². The Labute approximate surface area is 153 Å². The third-order valence-corrected chi connectivity index (χ3v) is 8.68. The van der Waals surface area contributed by atoms with Gasteiger partial charge < -0.3 is 4.90 Å². The van der Waals surface area contributed by atoms with Gasteiger partial charge >= 0.3 is 0 Å². The van der Waals surface area contributed by atoms with Crippen molar-refractivity contribution in [3.63, 3.8) is 0 Å². The molecule has 0 aliphatic carbocycles. The molecular formula is C15H19BrN2O2S3. The molecule has 4 nitrogen and oxygen atoms in total. The molecule has 23 heavy (non-hydrogen) atoms. The third-order valence-electron chi connectivity index (χ3n) is 4.07. The Balaban J connectivity index is 1.43. The van der Waals surface area contributed by atoms with Gasteiger partial charge in [0.05, 0.1) is 3.79 Å². The van der Waals surface area contributed by atoms with Crippen molar-refractivity contribution in [2.24, 2.45) is 0 Å². The molecule has 1 aliphatic heterocycles. The standard InChI is InChI=1S/C15H19BrN2O2S3/c16-14-3-4-15(22-14)23(19,20)17-7-10-18-8-5-12(6-9-18)13-2-1-11-21-13/h1-4,11-12,17H,5-10H2. The first-order valence-electron chi connectivity index (χ1n) is 7.55. The normalized spacial score (nSPS) is 17.6. The number of hydrogen-bond acceptors (Lipinski definition) is 5. The Hall–Kier alpha value is -0.250. The fourth-order valence-corrected chi connectivity index (χ4v) is 6.79. The molecule has 1 N–H and O–H groups in total. The van der Waals surface area contributed by atoms with Crippen molar-refractivity contribution in [1.29, 1.82) is 0 Å². The Morgan fingerprint density at radius 3 is 2.65 bits per heavy atom. The molecule has 1 saturated heterocycles. The van der Waals surface area contributed by atoms with Crippen molar-refractivity contribution >= 4 is 48.6 Å². The van der Waals surface area contributed by atoms with Crippen molar-refractivity contribution in [2.45, 2.75) is 23.0 Å². The summed E-state index contributed by atoms with van der Waals surface area (Å²) in [6, 6.07) is 7.72. The summed E-state index contributed by atoms with van der Waals surface area (Å²) >= 11 is 6.37. The van der Waals surface area contributed by atoms with Crippen LogP contribution in [0.4, 0.5) is 0 Å². The highest BCUT2D eigenvalue weighted by Crippen LogP contribution is 2.30. The van der Waals surface area contributed by atoms with Gasteiger partial charge in [0, 0.05) is 18.0 Å². The third kappa shape index (κ3) is 4.64. The van der Waals surface area contributed by atoms with Crippen LogP contribution in [0.2, 0.25) is 0 Å². The number of sulfonamides is 1. The zero-order valence-corrected chi connectivity index (χ0v) is 16.6. The summed E-state index contributed by atoms with van der Waals surface area (Å²) in [4.78, 5) is 3.82. The summed E-state index contributed by atoms with van der Waals surface area (Å²) in [6.07, 6.45) is 2.32.